The van der Waals surface area contributed by atoms with Crippen LogP contribution in [0.25, 0.3) is 0 Å². The highest BCUT2D eigenvalue weighted by Crippen LogP contribution is 2.12. The first-order valence-corrected chi connectivity index (χ1v) is 8.51. The van der Waals surface area contributed by atoms with E-state index >= 15 is 0 Å². The lowest BCUT2D eigenvalue weighted by Gasteiger charge is -2.36. The molecule has 2 heterocycles. The fourth-order valence-electron chi connectivity index (χ4n) is 2.96. The molecule has 1 fully saturated rings. The summed E-state index contributed by atoms with van der Waals surface area (Å²) in [6.45, 7) is 6.09. The third-order valence-corrected chi connectivity index (χ3v) is 4.61. The van der Waals surface area contributed by atoms with E-state index in [9.17, 15) is 9.59 Å². The second kappa shape index (κ2) is 7.46. The number of aromatic nitrogens is 3. The Morgan fingerprint density at radius 3 is 2.32 bits per heavy atom. The molecule has 0 spiro atoms. The zero-order valence-corrected chi connectivity index (χ0v) is 14.6. The number of benzene rings is 1. The topological polar surface area (TPSA) is 71.3 Å². The molecule has 0 aliphatic carbocycles. The Morgan fingerprint density at radius 2 is 1.72 bits per heavy atom. The molecule has 1 atom stereocenters. The van der Waals surface area contributed by atoms with E-state index in [1.165, 1.54) is 11.9 Å². The summed E-state index contributed by atoms with van der Waals surface area (Å²) in [4.78, 5) is 32.5. The fourth-order valence-corrected chi connectivity index (χ4v) is 2.96. The first-order chi connectivity index (χ1) is 12.0. The highest BCUT2D eigenvalue weighted by molar-refractivity contribution is 5.81. The van der Waals surface area contributed by atoms with Gasteiger partial charge in [0.1, 0.15) is 18.7 Å². The molecule has 1 aliphatic heterocycles. The minimum absolute atomic E-state index is 0.0103. The molecule has 0 radical (unpaired) electrons. The molecule has 0 saturated carbocycles. The summed E-state index contributed by atoms with van der Waals surface area (Å²) >= 11 is 0. The molecule has 1 aromatic heterocycles. The molecule has 0 unspecified atom stereocenters. The van der Waals surface area contributed by atoms with E-state index in [0.717, 1.165) is 5.56 Å². The maximum absolute atomic E-state index is 12.5. The Bertz CT molecular complexity index is 718. The third kappa shape index (κ3) is 4.04. The van der Waals surface area contributed by atoms with Crippen LogP contribution in [-0.4, -0.2) is 62.6 Å². The first-order valence-electron chi connectivity index (χ1n) is 8.51. The summed E-state index contributed by atoms with van der Waals surface area (Å²) in [7, 11) is 0. The zero-order chi connectivity index (χ0) is 17.8. The van der Waals surface area contributed by atoms with Gasteiger partial charge in [0.2, 0.25) is 11.8 Å². The van der Waals surface area contributed by atoms with Crippen LogP contribution in [0, 0.1) is 6.92 Å². The van der Waals surface area contributed by atoms with Crippen LogP contribution in [0.4, 0.5) is 0 Å². The maximum atomic E-state index is 12.5. The Kier molecular flexibility index (Phi) is 5.11. The number of piperazine rings is 1. The SMILES string of the molecule is Cc1ccc(CC(=O)N2CCN(C(=O)[C@@H](C)n3cncn3)CC2)cc1. The van der Waals surface area contributed by atoms with Crippen LogP contribution in [0.2, 0.25) is 0 Å². The highest BCUT2D eigenvalue weighted by Gasteiger charge is 2.27. The van der Waals surface area contributed by atoms with E-state index in [2.05, 4.69) is 10.1 Å². The Hall–Kier alpha value is -2.70. The second-order valence-electron chi connectivity index (χ2n) is 6.42. The number of aryl methyl sites for hydroxylation is 1. The number of carbonyl (C=O) groups is 2. The van der Waals surface area contributed by atoms with E-state index in [4.69, 9.17) is 0 Å². The van der Waals surface area contributed by atoms with Crippen LogP contribution >= 0.6 is 0 Å². The molecule has 7 heteroatoms. The molecule has 2 aromatic rings. The van der Waals surface area contributed by atoms with E-state index in [1.807, 2.05) is 43.0 Å². The van der Waals surface area contributed by atoms with Crippen LogP contribution in [0.3, 0.4) is 0 Å². The molecule has 132 valence electrons. The molecule has 1 aliphatic rings. The van der Waals surface area contributed by atoms with Crippen molar-refractivity contribution in [1.29, 1.82) is 0 Å². The van der Waals surface area contributed by atoms with Crippen molar-refractivity contribution < 1.29 is 9.59 Å². The van der Waals surface area contributed by atoms with Gasteiger partial charge in [-0.05, 0) is 19.4 Å². The molecule has 7 nitrogen and oxygen atoms in total. The van der Waals surface area contributed by atoms with Gasteiger partial charge < -0.3 is 9.80 Å². The summed E-state index contributed by atoms with van der Waals surface area (Å²) in [5, 5.41) is 4.02. The summed E-state index contributed by atoms with van der Waals surface area (Å²) in [5.41, 5.74) is 2.21. The van der Waals surface area contributed by atoms with Gasteiger partial charge in [-0.2, -0.15) is 5.10 Å². The Labute approximate surface area is 147 Å². The smallest absolute Gasteiger partial charge is 0.247 e. The summed E-state index contributed by atoms with van der Waals surface area (Å²) in [5.74, 6) is 0.122. The van der Waals surface area contributed by atoms with Gasteiger partial charge in [-0.3, -0.25) is 9.59 Å². The van der Waals surface area contributed by atoms with Gasteiger partial charge in [0, 0.05) is 26.2 Å². The van der Waals surface area contributed by atoms with Crippen LogP contribution < -0.4 is 0 Å². The lowest BCUT2D eigenvalue weighted by atomic mass is 10.1. The summed E-state index contributed by atoms with van der Waals surface area (Å²) in [6.07, 6.45) is 3.37. The van der Waals surface area contributed by atoms with Gasteiger partial charge in [0.05, 0.1) is 6.42 Å². The molecule has 0 bridgehead atoms. The average molecular weight is 341 g/mol. The number of carbonyl (C=O) groups excluding carboxylic acids is 2. The Balaban J connectivity index is 1.52. The van der Waals surface area contributed by atoms with Gasteiger partial charge in [0.25, 0.3) is 0 Å². The van der Waals surface area contributed by atoms with Gasteiger partial charge in [-0.1, -0.05) is 29.8 Å². The Morgan fingerprint density at radius 1 is 1.08 bits per heavy atom. The predicted molar refractivity (Wildman–Crippen MR) is 92.8 cm³/mol. The minimum atomic E-state index is -0.377. The largest absolute Gasteiger partial charge is 0.339 e. The van der Waals surface area contributed by atoms with Crippen LogP contribution in [-0.2, 0) is 16.0 Å². The lowest BCUT2D eigenvalue weighted by molar-refractivity contribution is -0.141. The summed E-state index contributed by atoms with van der Waals surface area (Å²) in [6, 6.07) is 7.65. The molecule has 25 heavy (non-hydrogen) atoms. The lowest BCUT2D eigenvalue weighted by Crippen LogP contribution is -2.52. The van der Waals surface area contributed by atoms with E-state index < -0.39 is 0 Å². The molecule has 1 saturated heterocycles. The quantitative estimate of drug-likeness (QED) is 0.834. The molecule has 3 rings (SSSR count). The second-order valence-corrected chi connectivity index (χ2v) is 6.42. The van der Waals surface area contributed by atoms with Crippen molar-refractivity contribution in [3.05, 3.63) is 48.0 Å². The molecule has 0 N–H and O–H groups in total. The maximum Gasteiger partial charge on any atom is 0.247 e. The fraction of sp³-hybridized carbons (Fsp3) is 0.444. The number of amides is 2. The van der Waals surface area contributed by atoms with Crippen LogP contribution in [0.15, 0.2) is 36.9 Å². The van der Waals surface area contributed by atoms with E-state index in [1.54, 1.807) is 15.9 Å². The molecular formula is C18H23N5O2. The molecule has 1 aromatic carbocycles. The average Bonchev–Trinajstić information content (AvgIpc) is 3.17. The minimum Gasteiger partial charge on any atom is -0.339 e. The van der Waals surface area contributed by atoms with Crippen molar-refractivity contribution in [3.8, 4) is 0 Å². The number of nitrogens with zero attached hydrogens (tertiary/aromatic N) is 5. The van der Waals surface area contributed by atoms with Crippen molar-refractivity contribution in [1.82, 2.24) is 24.6 Å². The first kappa shape index (κ1) is 17.1. The molecule has 2 amide bonds. The van der Waals surface area contributed by atoms with Crippen molar-refractivity contribution in [2.24, 2.45) is 0 Å². The highest BCUT2D eigenvalue weighted by atomic mass is 16.2. The van der Waals surface area contributed by atoms with Crippen LogP contribution in [0.5, 0.6) is 0 Å². The third-order valence-electron chi connectivity index (χ3n) is 4.61. The van der Waals surface area contributed by atoms with Gasteiger partial charge in [-0.25, -0.2) is 9.67 Å². The van der Waals surface area contributed by atoms with Crippen LogP contribution in [0.1, 0.15) is 24.1 Å². The van der Waals surface area contributed by atoms with E-state index in [-0.39, 0.29) is 17.9 Å². The van der Waals surface area contributed by atoms with Crippen molar-refractivity contribution in [2.45, 2.75) is 26.3 Å². The number of rotatable bonds is 4. The van der Waals surface area contributed by atoms with Gasteiger partial charge >= 0.3 is 0 Å². The van der Waals surface area contributed by atoms with Crippen molar-refractivity contribution in [2.75, 3.05) is 26.2 Å². The summed E-state index contributed by atoms with van der Waals surface area (Å²) < 4.78 is 1.55. The number of hydrogen-bond donors (Lipinski definition) is 0. The normalized spacial score (nSPS) is 15.9. The van der Waals surface area contributed by atoms with Crippen molar-refractivity contribution >= 4 is 11.8 Å². The molecular weight excluding hydrogens is 318 g/mol. The standard InChI is InChI=1S/C18H23N5O2/c1-14-3-5-16(6-4-14)11-17(24)21-7-9-22(10-8-21)18(25)15(2)23-13-19-12-20-23/h3-6,12-13,15H,7-11H2,1-2H3/t15-/m1/s1. The van der Waals surface area contributed by atoms with Crippen molar-refractivity contribution in [3.63, 3.8) is 0 Å². The zero-order valence-electron chi connectivity index (χ0n) is 14.6. The monoisotopic (exact) mass is 341 g/mol. The predicted octanol–water partition coefficient (Wildman–Crippen LogP) is 1.06. The number of hydrogen-bond acceptors (Lipinski definition) is 4. The van der Waals surface area contributed by atoms with Gasteiger partial charge in [0.15, 0.2) is 0 Å². The van der Waals surface area contributed by atoms with E-state index in [0.29, 0.717) is 32.6 Å². The van der Waals surface area contributed by atoms with Gasteiger partial charge in [-0.15, -0.1) is 0 Å².